The predicted octanol–water partition coefficient (Wildman–Crippen LogP) is 1.33. The number of carboxylic acid groups (broad SMARTS) is 1. The van der Waals surface area contributed by atoms with Crippen LogP contribution in [0.25, 0.3) is 0 Å². The lowest BCUT2D eigenvalue weighted by Gasteiger charge is -2.09. The van der Waals surface area contributed by atoms with Crippen LogP contribution in [0.4, 0.5) is 5.69 Å². The average molecular weight is 217 g/mol. The van der Waals surface area contributed by atoms with Crippen molar-refractivity contribution in [1.82, 2.24) is 0 Å². The van der Waals surface area contributed by atoms with Gasteiger partial charge in [0, 0.05) is 6.07 Å². The van der Waals surface area contributed by atoms with E-state index in [4.69, 9.17) is 27.3 Å². The summed E-state index contributed by atoms with van der Waals surface area (Å²) < 4.78 is 4.93. The highest BCUT2D eigenvalue weighted by Gasteiger charge is 2.13. The average Bonchev–Trinajstić information content (AvgIpc) is 2.16. The largest absolute Gasteiger partial charge is 0.494 e. The number of nitrogens with two attached hydrogens (primary N) is 1. The van der Waals surface area contributed by atoms with E-state index < -0.39 is 5.97 Å². The first-order valence-corrected chi connectivity index (χ1v) is 4.05. The summed E-state index contributed by atoms with van der Waals surface area (Å²) in [4.78, 5) is 10.7. The summed E-state index contributed by atoms with van der Waals surface area (Å²) in [5.41, 5.74) is 2.66. The van der Waals surface area contributed by atoms with Crippen molar-refractivity contribution < 1.29 is 14.6 Å². The lowest BCUT2D eigenvalue weighted by atomic mass is 10.2. The number of aromatic carboxylic acids is 1. The number of nitrogens with one attached hydrogen (secondary N) is 1. The third-order valence-corrected chi connectivity index (χ3v) is 1.99. The SMILES string of the molecule is COc1cc(Cl)c(C(=O)O)cc1NN. The smallest absolute Gasteiger partial charge is 0.337 e. The summed E-state index contributed by atoms with van der Waals surface area (Å²) in [6.07, 6.45) is 0. The second kappa shape index (κ2) is 4.17. The first-order valence-electron chi connectivity index (χ1n) is 3.67. The van der Waals surface area contributed by atoms with Gasteiger partial charge >= 0.3 is 5.97 Å². The molecule has 5 nitrogen and oxygen atoms in total. The Morgan fingerprint density at radius 3 is 2.71 bits per heavy atom. The van der Waals surface area contributed by atoms with Crippen molar-refractivity contribution in [2.75, 3.05) is 12.5 Å². The van der Waals surface area contributed by atoms with Crippen LogP contribution in [0.3, 0.4) is 0 Å². The van der Waals surface area contributed by atoms with Gasteiger partial charge in [-0.25, -0.2) is 4.79 Å². The Balaban J connectivity index is 3.30. The molecule has 4 N–H and O–H groups in total. The molecule has 1 aromatic carbocycles. The van der Waals surface area contributed by atoms with E-state index in [9.17, 15) is 4.79 Å². The summed E-state index contributed by atoms with van der Waals surface area (Å²) in [6, 6.07) is 2.70. The Morgan fingerprint density at radius 1 is 1.64 bits per heavy atom. The minimum absolute atomic E-state index is 0.0274. The quantitative estimate of drug-likeness (QED) is 0.524. The summed E-state index contributed by atoms with van der Waals surface area (Å²) in [7, 11) is 1.44. The highest BCUT2D eigenvalue weighted by atomic mass is 35.5. The molecule has 0 aliphatic heterocycles. The molecule has 0 aliphatic carbocycles. The molecule has 0 unspecified atom stereocenters. The van der Waals surface area contributed by atoms with Crippen molar-refractivity contribution in [2.45, 2.75) is 0 Å². The number of hydrazine groups is 1. The Labute approximate surface area is 85.4 Å². The van der Waals surface area contributed by atoms with Gasteiger partial charge in [0.05, 0.1) is 23.4 Å². The monoisotopic (exact) mass is 216 g/mol. The normalized spacial score (nSPS) is 9.64. The molecule has 0 bridgehead atoms. The molecule has 0 spiro atoms. The number of carbonyl (C=O) groups is 1. The number of benzene rings is 1. The van der Waals surface area contributed by atoms with Gasteiger partial charge < -0.3 is 15.3 Å². The number of hydrogen-bond acceptors (Lipinski definition) is 4. The van der Waals surface area contributed by atoms with Crippen LogP contribution in [0.15, 0.2) is 12.1 Å². The molecule has 1 aromatic rings. The van der Waals surface area contributed by atoms with E-state index in [0.29, 0.717) is 11.4 Å². The van der Waals surface area contributed by atoms with Crippen LogP contribution in [0.2, 0.25) is 5.02 Å². The molecular formula is C8H9ClN2O3. The fraction of sp³-hybridized carbons (Fsp3) is 0.125. The van der Waals surface area contributed by atoms with Crippen molar-refractivity contribution in [3.05, 3.63) is 22.7 Å². The highest BCUT2D eigenvalue weighted by Crippen LogP contribution is 2.30. The maximum Gasteiger partial charge on any atom is 0.337 e. The second-order valence-electron chi connectivity index (χ2n) is 2.48. The molecule has 0 radical (unpaired) electrons. The summed E-state index contributed by atoms with van der Waals surface area (Å²) in [5.74, 6) is 4.45. The van der Waals surface area contributed by atoms with Gasteiger partial charge in [0.25, 0.3) is 0 Å². The zero-order chi connectivity index (χ0) is 10.7. The number of ether oxygens (including phenoxy) is 1. The molecule has 14 heavy (non-hydrogen) atoms. The van der Waals surface area contributed by atoms with Crippen LogP contribution in [-0.2, 0) is 0 Å². The number of anilines is 1. The first kappa shape index (κ1) is 10.6. The topological polar surface area (TPSA) is 84.6 Å². The standard InChI is InChI=1S/C8H9ClN2O3/c1-14-7-3-5(9)4(8(12)13)2-6(7)11-10/h2-3,11H,10H2,1H3,(H,12,13). The van der Waals surface area contributed by atoms with E-state index in [0.717, 1.165) is 0 Å². The summed E-state index contributed by atoms with van der Waals surface area (Å²) in [6.45, 7) is 0. The van der Waals surface area contributed by atoms with E-state index in [-0.39, 0.29) is 10.6 Å². The zero-order valence-electron chi connectivity index (χ0n) is 7.37. The lowest BCUT2D eigenvalue weighted by Crippen LogP contribution is -2.10. The molecule has 0 aliphatic rings. The Kier molecular flexibility index (Phi) is 3.16. The Hall–Kier alpha value is -1.46. The molecule has 0 saturated carbocycles. The van der Waals surface area contributed by atoms with E-state index >= 15 is 0 Å². The molecule has 0 aromatic heterocycles. The summed E-state index contributed by atoms with van der Waals surface area (Å²) in [5, 5.41) is 8.86. The maximum atomic E-state index is 10.7. The molecule has 6 heteroatoms. The Bertz CT molecular complexity index is 368. The first-order chi connectivity index (χ1) is 6.60. The molecular weight excluding hydrogens is 208 g/mol. The molecule has 1 rings (SSSR count). The van der Waals surface area contributed by atoms with Gasteiger partial charge in [0.15, 0.2) is 0 Å². The van der Waals surface area contributed by atoms with E-state index in [2.05, 4.69) is 5.43 Å². The van der Waals surface area contributed by atoms with Crippen LogP contribution in [-0.4, -0.2) is 18.2 Å². The van der Waals surface area contributed by atoms with Gasteiger partial charge in [-0.05, 0) is 6.07 Å². The Morgan fingerprint density at radius 2 is 2.29 bits per heavy atom. The van der Waals surface area contributed by atoms with E-state index in [1.807, 2.05) is 0 Å². The number of rotatable bonds is 3. The number of hydrogen-bond donors (Lipinski definition) is 3. The molecule has 0 saturated heterocycles. The fourth-order valence-corrected chi connectivity index (χ4v) is 1.24. The van der Waals surface area contributed by atoms with Crippen LogP contribution >= 0.6 is 11.6 Å². The molecule has 0 amide bonds. The number of nitrogen functional groups attached to an aromatic ring is 1. The summed E-state index contributed by atoms with van der Waals surface area (Å²) >= 11 is 5.70. The van der Waals surface area contributed by atoms with Crippen molar-refractivity contribution in [3.63, 3.8) is 0 Å². The molecule has 0 fully saturated rings. The number of halogens is 1. The van der Waals surface area contributed by atoms with E-state index in [1.165, 1.54) is 19.2 Å². The van der Waals surface area contributed by atoms with Crippen molar-refractivity contribution >= 4 is 23.3 Å². The number of carboxylic acids is 1. The zero-order valence-corrected chi connectivity index (χ0v) is 8.13. The highest BCUT2D eigenvalue weighted by molar-refractivity contribution is 6.33. The van der Waals surface area contributed by atoms with Crippen molar-refractivity contribution in [2.24, 2.45) is 5.84 Å². The lowest BCUT2D eigenvalue weighted by molar-refractivity contribution is 0.0697. The van der Waals surface area contributed by atoms with Crippen LogP contribution in [0, 0.1) is 0 Å². The van der Waals surface area contributed by atoms with Gasteiger partial charge in [-0.15, -0.1) is 0 Å². The number of methoxy groups -OCH3 is 1. The van der Waals surface area contributed by atoms with Gasteiger partial charge in [-0.3, -0.25) is 5.84 Å². The second-order valence-corrected chi connectivity index (χ2v) is 2.89. The third-order valence-electron chi connectivity index (χ3n) is 1.68. The van der Waals surface area contributed by atoms with Crippen LogP contribution < -0.4 is 16.0 Å². The minimum Gasteiger partial charge on any atom is -0.494 e. The van der Waals surface area contributed by atoms with Gasteiger partial charge in [-0.1, -0.05) is 11.6 Å². The predicted molar refractivity (Wildman–Crippen MR) is 52.8 cm³/mol. The van der Waals surface area contributed by atoms with Crippen molar-refractivity contribution in [1.29, 1.82) is 0 Å². The van der Waals surface area contributed by atoms with Crippen LogP contribution in [0.1, 0.15) is 10.4 Å². The molecule has 0 atom stereocenters. The van der Waals surface area contributed by atoms with E-state index in [1.54, 1.807) is 0 Å². The molecule has 76 valence electrons. The molecule has 0 heterocycles. The van der Waals surface area contributed by atoms with Crippen LogP contribution in [0.5, 0.6) is 5.75 Å². The fourth-order valence-electron chi connectivity index (χ4n) is 1.00. The maximum absolute atomic E-state index is 10.7. The van der Waals surface area contributed by atoms with Crippen molar-refractivity contribution in [3.8, 4) is 5.75 Å². The van der Waals surface area contributed by atoms with Gasteiger partial charge in [0.2, 0.25) is 0 Å². The third kappa shape index (κ3) is 1.89. The van der Waals surface area contributed by atoms with Gasteiger partial charge in [0.1, 0.15) is 5.75 Å². The minimum atomic E-state index is -1.12. The van der Waals surface area contributed by atoms with Gasteiger partial charge in [-0.2, -0.15) is 0 Å².